The minimum Gasteiger partial charge on any atom is -0.469 e. The van der Waals surface area contributed by atoms with Gasteiger partial charge < -0.3 is 28.8 Å². The Morgan fingerprint density at radius 1 is 1.24 bits per heavy atom. The number of fused-ring (bicyclic) bond motifs is 1. The Morgan fingerprint density at radius 2 is 1.96 bits per heavy atom. The molecule has 2 aliphatic heterocycles. The molecular formula is C18H30O7. The van der Waals surface area contributed by atoms with Crippen LogP contribution in [-0.4, -0.2) is 67.7 Å². The molecule has 2 saturated heterocycles. The first-order valence-corrected chi connectivity index (χ1v) is 9.41. The van der Waals surface area contributed by atoms with Crippen LogP contribution >= 0.6 is 0 Å². The van der Waals surface area contributed by atoms with Crippen LogP contribution in [0.25, 0.3) is 0 Å². The number of carbonyl (C=O) groups excluding carboxylic acids is 1. The van der Waals surface area contributed by atoms with Crippen molar-refractivity contribution in [3.63, 3.8) is 0 Å². The van der Waals surface area contributed by atoms with E-state index in [2.05, 4.69) is 0 Å². The van der Waals surface area contributed by atoms with Crippen molar-refractivity contribution in [2.75, 3.05) is 20.3 Å². The van der Waals surface area contributed by atoms with Crippen LogP contribution < -0.4 is 0 Å². The summed E-state index contributed by atoms with van der Waals surface area (Å²) in [7, 11) is 1.38. The monoisotopic (exact) mass is 358 g/mol. The third-order valence-electron chi connectivity index (χ3n) is 5.47. The lowest BCUT2D eigenvalue weighted by molar-refractivity contribution is -0.203. The molecule has 1 aliphatic carbocycles. The molecule has 0 bridgehead atoms. The number of rotatable bonds is 6. The first-order valence-electron chi connectivity index (χ1n) is 9.41. The maximum absolute atomic E-state index is 11.6. The van der Waals surface area contributed by atoms with Gasteiger partial charge in [-0.1, -0.05) is 13.3 Å². The quantitative estimate of drug-likeness (QED) is 0.721. The van der Waals surface area contributed by atoms with Crippen molar-refractivity contribution in [2.24, 2.45) is 0 Å². The maximum atomic E-state index is 11.6. The third-order valence-corrected chi connectivity index (χ3v) is 5.47. The summed E-state index contributed by atoms with van der Waals surface area (Å²) in [4.78, 5) is 11.6. The molecule has 0 amide bonds. The molecule has 3 fully saturated rings. The molecule has 5 unspecified atom stereocenters. The SMILES string of the molecule is CCC(CC(=O)OC)OC1COC(CO)C2OC3(CCCCC3)OC12. The normalized spacial score (nSPS) is 35.3. The number of aliphatic hydroxyl groups is 1. The highest BCUT2D eigenvalue weighted by atomic mass is 16.8. The Hall–Kier alpha value is -0.730. The molecule has 7 heteroatoms. The van der Waals surface area contributed by atoms with E-state index in [0.29, 0.717) is 13.0 Å². The van der Waals surface area contributed by atoms with Gasteiger partial charge in [0.05, 0.1) is 32.8 Å². The zero-order valence-electron chi connectivity index (χ0n) is 15.1. The van der Waals surface area contributed by atoms with Crippen molar-refractivity contribution < 1.29 is 33.6 Å². The number of aliphatic hydroxyl groups excluding tert-OH is 1. The predicted molar refractivity (Wildman–Crippen MR) is 88.0 cm³/mol. The van der Waals surface area contributed by atoms with Gasteiger partial charge in [0.2, 0.25) is 0 Å². The highest BCUT2D eigenvalue weighted by Crippen LogP contribution is 2.44. The number of carbonyl (C=O) groups is 1. The van der Waals surface area contributed by atoms with Crippen LogP contribution in [0.1, 0.15) is 51.9 Å². The standard InChI is InChI=1S/C18H30O7/c1-3-12(9-15(20)21-2)23-14-11-22-13(10-19)16-17(14)25-18(24-16)7-5-4-6-8-18/h12-14,16-17,19H,3-11H2,1-2H3. The summed E-state index contributed by atoms with van der Waals surface area (Å²) >= 11 is 0. The molecule has 144 valence electrons. The van der Waals surface area contributed by atoms with Gasteiger partial charge in [-0.2, -0.15) is 0 Å². The fourth-order valence-corrected chi connectivity index (χ4v) is 4.05. The molecule has 0 aromatic rings. The van der Waals surface area contributed by atoms with Gasteiger partial charge in [0.1, 0.15) is 24.4 Å². The first kappa shape index (κ1) is 19.0. The van der Waals surface area contributed by atoms with Gasteiger partial charge in [-0.05, 0) is 19.3 Å². The average molecular weight is 358 g/mol. The Balaban J connectivity index is 1.69. The molecule has 1 saturated carbocycles. The average Bonchev–Trinajstić information content (AvgIpc) is 3.00. The van der Waals surface area contributed by atoms with Crippen molar-refractivity contribution in [3.8, 4) is 0 Å². The molecule has 2 heterocycles. The van der Waals surface area contributed by atoms with Crippen molar-refractivity contribution in [3.05, 3.63) is 0 Å². The van der Waals surface area contributed by atoms with Crippen LogP contribution in [0.4, 0.5) is 0 Å². The molecule has 7 nitrogen and oxygen atoms in total. The number of methoxy groups -OCH3 is 1. The van der Waals surface area contributed by atoms with Crippen LogP contribution in [0.5, 0.6) is 0 Å². The van der Waals surface area contributed by atoms with E-state index in [9.17, 15) is 9.90 Å². The summed E-state index contributed by atoms with van der Waals surface area (Å²) in [6.07, 6.45) is 4.40. The minimum atomic E-state index is -0.569. The van der Waals surface area contributed by atoms with E-state index in [0.717, 1.165) is 25.7 Å². The third kappa shape index (κ3) is 4.17. The van der Waals surface area contributed by atoms with E-state index < -0.39 is 11.9 Å². The fourth-order valence-electron chi connectivity index (χ4n) is 4.05. The smallest absolute Gasteiger partial charge is 0.308 e. The largest absolute Gasteiger partial charge is 0.469 e. The predicted octanol–water partition coefficient (Wildman–Crippen LogP) is 1.55. The molecular weight excluding hydrogens is 328 g/mol. The second-order valence-electron chi connectivity index (χ2n) is 7.18. The van der Waals surface area contributed by atoms with Gasteiger partial charge in [-0.3, -0.25) is 4.79 Å². The highest BCUT2D eigenvalue weighted by molar-refractivity contribution is 5.69. The number of esters is 1. The van der Waals surface area contributed by atoms with Crippen molar-refractivity contribution in [1.29, 1.82) is 0 Å². The van der Waals surface area contributed by atoms with Gasteiger partial charge >= 0.3 is 5.97 Å². The number of ether oxygens (including phenoxy) is 5. The van der Waals surface area contributed by atoms with Crippen LogP contribution in [0, 0.1) is 0 Å². The van der Waals surface area contributed by atoms with Gasteiger partial charge in [-0.15, -0.1) is 0 Å². The molecule has 0 aromatic heterocycles. The second-order valence-corrected chi connectivity index (χ2v) is 7.18. The van der Waals surface area contributed by atoms with E-state index in [4.69, 9.17) is 23.7 Å². The maximum Gasteiger partial charge on any atom is 0.308 e. The Labute approximate surface area is 148 Å². The van der Waals surface area contributed by atoms with E-state index in [1.807, 2.05) is 6.92 Å². The van der Waals surface area contributed by atoms with Crippen LogP contribution in [0.2, 0.25) is 0 Å². The van der Waals surface area contributed by atoms with Gasteiger partial charge in [-0.25, -0.2) is 0 Å². The Bertz CT molecular complexity index is 449. The van der Waals surface area contributed by atoms with Crippen LogP contribution in [-0.2, 0) is 28.5 Å². The summed E-state index contributed by atoms with van der Waals surface area (Å²) in [5.41, 5.74) is 0. The summed E-state index contributed by atoms with van der Waals surface area (Å²) in [5, 5.41) is 9.63. The molecule has 25 heavy (non-hydrogen) atoms. The number of hydrogen-bond donors (Lipinski definition) is 1. The summed E-state index contributed by atoms with van der Waals surface area (Å²) in [5.74, 6) is -0.860. The van der Waals surface area contributed by atoms with Crippen molar-refractivity contribution >= 4 is 5.97 Å². The molecule has 1 N–H and O–H groups in total. The second kappa shape index (κ2) is 8.31. The zero-order chi connectivity index (χ0) is 17.9. The summed E-state index contributed by atoms with van der Waals surface area (Å²) in [6.45, 7) is 2.19. The summed E-state index contributed by atoms with van der Waals surface area (Å²) < 4.78 is 29.3. The lowest BCUT2D eigenvalue weighted by atomic mass is 9.94. The number of hydrogen-bond acceptors (Lipinski definition) is 7. The van der Waals surface area contributed by atoms with Crippen LogP contribution in [0.15, 0.2) is 0 Å². The van der Waals surface area contributed by atoms with Gasteiger partial charge in [0, 0.05) is 12.8 Å². The molecule has 3 aliphatic rings. The van der Waals surface area contributed by atoms with E-state index >= 15 is 0 Å². The van der Waals surface area contributed by atoms with E-state index in [-0.39, 0.29) is 43.4 Å². The zero-order valence-corrected chi connectivity index (χ0v) is 15.1. The molecule has 3 rings (SSSR count). The van der Waals surface area contributed by atoms with Gasteiger partial charge in [0.25, 0.3) is 0 Å². The molecule has 0 aromatic carbocycles. The van der Waals surface area contributed by atoms with Crippen molar-refractivity contribution in [2.45, 2.75) is 88.2 Å². The van der Waals surface area contributed by atoms with Crippen LogP contribution in [0.3, 0.4) is 0 Å². The van der Waals surface area contributed by atoms with E-state index in [1.165, 1.54) is 13.5 Å². The molecule has 5 atom stereocenters. The molecule has 1 spiro atoms. The highest BCUT2D eigenvalue weighted by Gasteiger charge is 2.56. The van der Waals surface area contributed by atoms with E-state index in [1.54, 1.807) is 0 Å². The minimum absolute atomic E-state index is 0.104. The summed E-state index contributed by atoms with van der Waals surface area (Å²) in [6, 6.07) is 0. The lowest BCUT2D eigenvalue weighted by Gasteiger charge is -2.37. The Kier molecular flexibility index (Phi) is 6.33. The lowest BCUT2D eigenvalue weighted by Crippen LogP contribution is -2.54. The Morgan fingerprint density at radius 3 is 2.60 bits per heavy atom. The molecule has 0 radical (unpaired) electrons. The topological polar surface area (TPSA) is 83.5 Å². The van der Waals surface area contributed by atoms with Gasteiger partial charge in [0.15, 0.2) is 5.79 Å². The fraction of sp³-hybridized carbons (Fsp3) is 0.944. The van der Waals surface area contributed by atoms with Crippen molar-refractivity contribution in [1.82, 2.24) is 0 Å². The first-order chi connectivity index (χ1) is 12.1.